The Kier molecular flexibility index (Phi) is 3.87. The molecule has 0 bridgehead atoms. The Balaban J connectivity index is 1.71. The van der Waals surface area contributed by atoms with Crippen molar-refractivity contribution in [3.8, 4) is 5.69 Å². The van der Waals surface area contributed by atoms with Gasteiger partial charge in [0.2, 0.25) is 0 Å². The minimum Gasteiger partial charge on any atom is -0.337 e. The first-order chi connectivity index (χ1) is 12.0. The van der Waals surface area contributed by atoms with E-state index < -0.39 is 0 Å². The van der Waals surface area contributed by atoms with Gasteiger partial charge in [0.1, 0.15) is 11.5 Å². The summed E-state index contributed by atoms with van der Waals surface area (Å²) >= 11 is 0. The van der Waals surface area contributed by atoms with Crippen molar-refractivity contribution < 1.29 is 9.18 Å². The van der Waals surface area contributed by atoms with Crippen molar-refractivity contribution in [2.45, 2.75) is 32.6 Å². The molecule has 1 saturated heterocycles. The van der Waals surface area contributed by atoms with Crippen LogP contribution in [0.5, 0.6) is 0 Å². The number of nitrogens with two attached hydrogens (primary N) is 1. The van der Waals surface area contributed by atoms with E-state index in [1.807, 2.05) is 4.90 Å². The van der Waals surface area contributed by atoms with Crippen LogP contribution in [0.2, 0.25) is 0 Å². The van der Waals surface area contributed by atoms with E-state index in [9.17, 15) is 9.18 Å². The van der Waals surface area contributed by atoms with Gasteiger partial charge in [-0.1, -0.05) is 19.1 Å². The van der Waals surface area contributed by atoms with E-state index in [2.05, 4.69) is 12.0 Å². The minimum atomic E-state index is -0.324. The third-order valence-electron chi connectivity index (χ3n) is 5.55. The fourth-order valence-electron chi connectivity index (χ4n) is 3.95. The molecule has 0 saturated carbocycles. The lowest BCUT2D eigenvalue weighted by atomic mass is 9.90. The molecule has 2 heterocycles. The summed E-state index contributed by atoms with van der Waals surface area (Å²) in [5.74, 6) is -0.374. The number of amides is 1. The highest BCUT2D eigenvalue weighted by molar-refractivity contribution is 5.94. The van der Waals surface area contributed by atoms with E-state index in [-0.39, 0.29) is 17.1 Å². The van der Waals surface area contributed by atoms with E-state index in [0.717, 1.165) is 36.9 Å². The van der Waals surface area contributed by atoms with Gasteiger partial charge in [0, 0.05) is 24.3 Å². The van der Waals surface area contributed by atoms with Crippen molar-refractivity contribution in [3.63, 3.8) is 0 Å². The molecule has 1 aliphatic carbocycles. The second kappa shape index (κ2) is 5.95. The zero-order chi connectivity index (χ0) is 17.6. The quantitative estimate of drug-likeness (QED) is 0.931. The predicted molar refractivity (Wildman–Crippen MR) is 93.2 cm³/mol. The number of hydrogen-bond acceptors (Lipinski definition) is 3. The Labute approximate surface area is 146 Å². The van der Waals surface area contributed by atoms with Gasteiger partial charge in [-0.05, 0) is 49.8 Å². The first kappa shape index (κ1) is 16.3. The monoisotopic (exact) mass is 342 g/mol. The number of nitrogens with zero attached hydrogens (tertiary/aromatic N) is 3. The number of likely N-dealkylation sites (tertiary alicyclic amines) is 1. The summed E-state index contributed by atoms with van der Waals surface area (Å²) in [4.78, 5) is 14.9. The van der Waals surface area contributed by atoms with Crippen LogP contribution in [0.1, 0.15) is 41.5 Å². The summed E-state index contributed by atoms with van der Waals surface area (Å²) in [6, 6.07) is 6.58. The highest BCUT2D eigenvalue weighted by atomic mass is 19.1. The smallest absolute Gasteiger partial charge is 0.274 e. The molecule has 4 rings (SSSR count). The standard InChI is InChI=1S/C19H23FN4O/c1-19(11-21)9-10-23(12-19)18(25)17-13-5-4-8-15(13)24(22-17)16-7-3-2-6-14(16)20/h2-3,6-7H,4-5,8-12,21H2,1H3. The maximum absolute atomic E-state index is 14.2. The molecule has 2 N–H and O–H groups in total. The third kappa shape index (κ3) is 2.65. The molecule has 1 aromatic carbocycles. The molecule has 132 valence electrons. The van der Waals surface area contributed by atoms with Crippen molar-refractivity contribution in [2.75, 3.05) is 19.6 Å². The van der Waals surface area contributed by atoms with Crippen molar-refractivity contribution in [2.24, 2.45) is 11.1 Å². The molecular weight excluding hydrogens is 319 g/mol. The number of para-hydroxylation sites is 1. The third-order valence-corrected chi connectivity index (χ3v) is 5.55. The van der Waals surface area contributed by atoms with Crippen LogP contribution in [-0.2, 0) is 12.8 Å². The average molecular weight is 342 g/mol. The predicted octanol–water partition coefficient (Wildman–Crippen LogP) is 2.31. The van der Waals surface area contributed by atoms with Crippen LogP contribution in [0.15, 0.2) is 24.3 Å². The van der Waals surface area contributed by atoms with Gasteiger partial charge in [-0.15, -0.1) is 0 Å². The molecule has 1 aromatic heterocycles. The van der Waals surface area contributed by atoms with Crippen LogP contribution in [-0.4, -0.2) is 40.2 Å². The highest BCUT2D eigenvalue weighted by Gasteiger charge is 2.38. The molecular formula is C19H23FN4O. The van der Waals surface area contributed by atoms with Crippen LogP contribution in [0.4, 0.5) is 4.39 Å². The highest BCUT2D eigenvalue weighted by Crippen LogP contribution is 2.33. The first-order valence-corrected chi connectivity index (χ1v) is 8.87. The lowest BCUT2D eigenvalue weighted by molar-refractivity contribution is 0.0769. The average Bonchev–Trinajstić information content (AvgIpc) is 3.30. The Hall–Kier alpha value is -2.21. The number of carbonyl (C=O) groups is 1. The second-order valence-corrected chi connectivity index (χ2v) is 7.48. The van der Waals surface area contributed by atoms with Gasteiger partial charge in [-0.2, -0.15) is 5.10 Å². The van der Waals surface area contributed by atoms with Gasteiger partial charge in [0.15, 0.2) is 5.69 Å². The molecule has 1 aliphatic heterocycles. The lowest BCUT2D eigenvalue weighted by Gasteiger charge is -2.22. The molecule has 0 spiro atoms. The van der Waals surface area contributed by atoms with Gasteiger partial charge >= 0.3 is 0 Å². The van der Waals surface area contributed by atoms with Crippen LogP contribution in [0, 0.1) is 11.2 Å². The number of aromatic nitrogens is 2. The lowest BCUT2D eigenvalue weighted by Crippen LogP contribution is -2.35. The summed E-state index contributed by atoms with van der Waals surface area (Å²) in [6.07, 6.45) is 3.53. The summed E-state index contributed by atoms with van der Waals surface area (Å²) in [5, 5.41) is 4.54. The van der Waals surface area contributed by atoms with Crippen molar-refractivity contribution in [1.29, 1.82) is 0 Å². The second-order valence-electron chi connectivity index (χ2n) is 7.48. The number of hydrogen-bond donors (Lipinski definition) is 1. The summed E-state index contributed by atoms with van der Waals surface area (Å²) in [5.41, 5.74) is 8.68. The van der Waals surface area contributed by atoms with E-state index in [1.165, 1.54) is 6.07 Å². The largest absolute Gasteiger partial charge is 0.337 e. The van der Waals surface area contributed by atoms with Crippen molar-refractivity contribution >= 4 is 5.91 Å². The Morgan fingerprint density at radius 1 is 1.36 bits per heavy atom. The zero-order valence-corrected chi connectivity index (χ0v) is 14.5. The Morgan fingerprint density at radius 2 is 2.16 bits per heavy atom. The van der Waals surface area contributed by atoms with Crippen LogP contribution < -0.4 is 5.73 Å². The zero-order valence-electron chi connectivity index (χ0n) is 14.5. The van der Waals surface area contributed by atoms with E-state index >= 15 is 0 Å². The maximum atomic E-state index is 14.2. The normalized spacial score (nSPS) is 22.4. The minimum absolute atomic E-state index is 0.0209. The molecule has 1 atom stereocenters. The molecule has 2 aliphatic rings. The Morgan fingerprint density at radius 3 is 2.88 bits per heavy atom. The van der Waals surface area contributed by atoms with Crippen molar-refractivity contribution in [3.05, 3.63) is 47.0 Å². The van der Waals surface area contributed by atoms with E-state index in [1.54, 1.807) is 22.9 Å². The number of carbonyl (C=O) groups excluding carboxylic acids is 1. The Bertz CT molecular complexity index is 831. The summed E-state index contributed by atoms with van der Waals surface area (Å²) < 4.78 is 15.9. The van der Waals surface area contributed by atoms with Crippen LogP contribution in [0.3, 0.4) is 0 Å². The number of benzene rings is 1. The topological polar surface area (TPSA) is 64.2 Å². The van der Waals surface area contributed by atoms with E-state index in [4.69, 9.17) is 5.73 Å². The SMILES string of the molecule is CC1(CN)CCN(C(=O)c2nn(-c3ccccc3F)c3c2CCC3)C1. The first-order valence-electron chi connectivity index (χ1n) is 8.87. The molecule has 25 heavy (non-hydrogen) atoms. The summed E-state index contributed by atoms with van der Waals surface area (Å²) in [7, 11) is 0. The van der Waals surface area contributed by atoms with Crippen LogP contribution in [0.25, 0.3) is 5.69 Å². The number of halogens is 1. The molecule has 1 unspecified atom stereocenters. The van der Waals surface area contributed by atoms with Gasteiger partial charge in [0.05, 0.1) is 0 Å². The maximum Gasteiger partial charge on any atom is 0.274 e. The molecule has 6 heteroatoms. The van der Waals surface area contributed by atoms with Gasteiger partial charge < -0.3 is 10.6 Å². The molecule has 0 radical (unpaired) electrons. The number of fused-ring (bicyclic) bond motifs is 1. The molecule has 1 fully saturated rings. The number of rotatable bonds is 3. The molecule has 5 nitrogen and oxygen atoms in total. The van der Waals surface area contributed by atoms with Gasteiger partial charge in [-0.3, -0.25) is 4.79 Å². The molecule has 2 aromatic rings. The summed E-state index contributed by atoms with van der Waals surface area (Å²) in [6.45, 7) is 4.04. The van der Waals surface area contributed by atoms with Crippen LogP contribution >= 0.6 is 0 Å². The van der Waals surface area contributed by atoms with Gasteiger partial charge in [0.25, 0.3) is 5.91 Å². The fourth-order valence-corrected chi connectivity index (χ4v) is 3.95. The van der Waals surface area contributed by atoms with Crippen molar-refractivity contribution in [1.82, 2.24) is 14.7 Å². The molecule has 1 amide bonds. The fraction of sp³-hybridized carbons (Fsp3) is 0.474. The van der Waals surface area contributed by atoms with Gasteiger partial charge in [-0.25, -0.2) is 9.07 Å². The van der Waals surface area contributed by atoms with E-state index in [0.29, 0.717) is 31.0 Å².